The number of anilines is 2. The molecule has 20 heavy (non-hydrogen) atoms. The van der Waals surface area contributed by atoms with Crippen molar-refractivity contribution in [1.29, 1.82) is 0 Å². The summed E-state index contributed by atoms with van der Waals surface area (Å²) in [6.45, 7) is 5.46. The van der Waals surface area contributed by atoms with E-state index in [1.165, 1.54) is 0 Å². The standard InChI is InChI=1S/C15H20N4O/c1-3-8-19(10-12-4-6-13(16)7-5-12)14-9-15(20)18-11(2)17-14/h4-7,9H,3,8,10,16H2,1-2H3,(H,17,18,20). The van der Waals surface area contributed by atoms with Gasteiger partial charge >= 0.3 is 0 Å². The Balaban J connectivity index is 2.26. The molecule has 0 bridgehead atoms. The Morgan fingerprint density at radius 1 is 1.30 bits per heavy atom. The minimum atomic E-state index is -0.120. The van der Waals surface area contributed by atoms with Crippen LogP contribution in [0, 0.1) is 6.92 Å². The summed E-state index contributed by atoms with van der Waals surface area (Å²) >= 11 is 0. The van der Waals surface area contributed by atoms with Gasteiger partial charge in [0, 0.05) is 24.8 Å². The third-order valence-corrected chi connectivity index (χ3v) is 3.02. The molecule has 1 aromatic carbocycles. The Hall–Kier alpha value is -2.30. The average Bonchev–Trinajstić information content (AvgIpc) is 2.39. The maximum absolute atomic E-state index is 11.6. The highest BCUT2D eigenvalue weighted by molar-refractivity contribution is 5.42. The van der Waals surface area contributed by atoms with E-state index in [4.69, 9.17) is 5.73 Å². The Morgan fingerprint density at radius 3 is 2.60 bits per heavy atom. The molecule has 0 spiro atoms. The van der Waals surface area contributed by atoms with Crippen molar-refractivity contribution in [1.82, 2.24) is 9.97 Å². The SMILES string of the molecule is CCCN(Cc1ccc(N)cc1)c1cc(=O)[nH]c(C)n1. The highest BCUT2D eigenvalue weighted by atomic mass is 16.1. The summed E-state index contributed by atoms with van der Waals surface area (Å²) in [7, 11) is 0. The van der Waals surface area contributed by atoms with Crippen LogP contribution in [-0.2, 0) is 6.54 Å². The minimum absolute atomic E-state index is 0.120. The number of hydrogen-bond acceptors (Lipinski definition) is 4. The fourth-order valence-electron chi connectivity index (χ4n) is 2.11. The van der Waals surface area contributed by atoms with Crippen LogP contribution >= 0.6 is 0 Å². The van der Waals surface area contributed by atoms with Gasteiger partial charge in [0.05, 0.1) is 0 Å². The number of rotatable bonds is 5. The zero-order valence-corrected chi connectivity index (χ0v) is 11.9. The zero-order valence-electron chi connectivity index (χ0n) is 11.9. The Labute approximate surface area is 118 Å². The van der Waals surface area contributed by atoms with Crippen molar-refractivity contribution in [3.63, 3.8) is 0 Å². The molecule has 5 nitrogen and oxygen atoms in total. The molecule has 0 fully saturated rings. The molecule has 3 N–H and O–H groups in total. The van der Waals surface area contributed by atoms with Crippen molar-refractivity contribution >= 4 is 11.5 Å². The van der Waals surface area contributed by atoms with Crippen molar-refractivity contribution in [3.8, 4) is 0 Å². The monoisotopic (exact) mass is 272 g/mol. The van der Waals surface area contributed by atoms with Gasteiger partial charge in [-0.1, -0.05) is 19.1 Å². The van der Waals surface area contributed by atoms with Gasteiger partial charge in [-0.05, 0) is 31.0 Å². The van der Waals surface area contributed by atoms with Crippen molar-refractivity contribution in [3.05, 3.63) is 52.1 Å². The van der Waals surface area contributed by atoms with Crippen molar-refractivity contribution < 1.29 is 0 Å². The van der Waals surface area contributed by atoms with Gasteiger partial charge in [0.15, 0.2) is 0 Å². The van der Waals surface area contributed by atoms with Gasteiger partial charge in [-0.2, -0.15) is 0 Å². The van der Waals surface area contributed by atoms with E-state index < -0.39 is 0 Å². The highest BCUT2D eigenvalue weighted by Gasteiger charge is 2.09. The first-order chi connectivity index (χ1) is 9.58. The summed E-state index contributed by atoms with van der Waals surface area (Å²) in [5.74, 6) is 1.34. The number of aromatic nitrogens is 2. The summed E-state index contributed by atoms with van der Waals surface area (Å²) in [4.78, 5) is 20.8. The third-order valence-electron chi connectivity index (χ3n) is 3.02. The van der Waals surface area contributed by atoms with Gasteiger partial charge in [-0.15, -0.1) is 0 Å². The topological polar surface area (TPSA) is 75.0 Å². The van der Waals surface area contributed by atoms with Crippen molar-refractivity contribution in [2.75, 3.05) is 17.2 Å². The molecule has 0 saturated heterocycles. The molecule has 106 valence electrons. The summed E-state index contributed by atoms with van der Waals surface area (Å²) in [6.07, 6.45) is 0.989. The fraction of sp³-hybridized carbons (Fsp3) is 0.333. The summed E-state index contributed by atoms with van der Waals surface area (Å²) < 4.78 is 0. The maximum atomic E-state index is 11.6. The van der Waals surface area contributed by atoms with Crippen LogP contribution < -0.4 is 16.2 Å². The molecule has 5 heteroatoms. The first-order valence-corrected chi connectivity index (χ1v) is 6.76. The third kappa shape index (κ3) is 3.60. The van der Waals surface area contributed by atoms with E-state index in [9.17, 15) is 4.79 Å². The fourth-order valence-corrected chi connectivity index (χ4v) is 2.11. The zero-order chi connectivity index (χ0) is 14.5. The number of nitrogens with one attached hydrogen (secondary N) is 1. The number of aromatic amines is 1. The average molecular weight is 272 g/mol. The Bertz CT molecular complexity index is 619. The van der Waals surface area contributed by atoms with Crippen LogP contribution in [0.1, 0.15) is 24.7 Å². The van der Waals surface area contributed by atoms with Crippen LogP contribution in [0.15, 0.2) is 35.1 Å². The molecule has 0 aliphatic heterocycles. The molecule has 0 saturated carbocycles. The predicted molar refractivity (Wildman–Crippen MR) is 81.8 cm³/mol. The molecule has 2 rings (SSSR count). The molecule has 2 aromatic rings. The molecule has 0 atom stereocenters. The molecule has 0 unspecified atom stereocenters. The maximum Gasteiger partial charge on any atom is 0.252 e. The largest absolute Gasteiger partial charge is 0.399 e. The lowest BCUT2D eigenvalue weighted by atomic mass is 10.2. The van der Waals surface area contributed by atoms with Crippen LogP contribution in [0.2, 0.25) is 0 Å². The summed E-state index contributed by atoms with van der Waals surface area (Å²) in [6, 6.07) is 9.31. The Kier molecular flexibility index (Phi) is 4.40. The first kappa shape index (κ1) is 14.1. The minimum Gasteiger partial charge on any atom is -0.399 e. The van der Waals surface area contributed by atoms with E-state index in [0.29, 0.717) is 18.2 Å². The number of nitrogen functional groups attached to an aromatic ring is 1. The normalized spacial score (nSPS) is 10.5. The van der Waals surface area contributed by atoms with Gasteiger partial charge in [0.2, 0.25) is 0 Å². The number of H-pyrrole nitrogens is 1. The smallest absolute Gasteiger partial charge is 0.252 e. The number of hydrogen-bond donors (Lipinski definition) is 2. The van der Waals surface area contributed by atoms with Gasteiger partial charge in [0.25, 0.3) is 5.56 Å². The summed E-state index contributed by atoms with van der Waals surface area (Å²) in [5.41, 5.74) is 7.47. The first-order valence-electron chi connectivity index (χ1n) is 6.76. The van der Waals surface area contributed by atoms with E-state index in [-0.39, 0.29) is 5.56 Å². The van der Waals surface area contributed by atoms with Gasteiger partial charge in [-0.3, -0.25) is 4.79 Å². The molecular weight excluding hydrogens is 252 g/mol. The van der Waals surface area contributed by atoms with Crippen molar-refractivity contribution in [2.45, 2.75) is 26.8 Å². The number of benzene rings is 1. The van der Waals surface area contributed by atoms with Crippen LogP contribution in [0.4, 0.5) is 11.5 Å². The second-order valence-electron chi connectivity index (χ2n) is 4.85. The Morgan fingerprint density at radius 2 is 2.00 bits per heavy atom. The molecule has 1 aromatic heterocycles. The lowest BCUT2D eigenvalue weighted by molar-refractivity contribution is 0.748. The van der Waals surface area contributed by atoms with Crippen LogP contribution in [0.3, 0.4) is 0 Å². The van der Waals surface area contributed by atoms with Crippen LogP contribution in [0.5, 0.6) is 0 Å². The second-order valence-corrected chi connectivity index (χ2v) is 4.85. The van der Waals surface area contributed by atoms with Crippen molar-refractivity contribution in [2.24, 2.45) is 0 Å². The number of nitrogens with zero attached hydrogens (tertiary/aromatic N) is 2. The predicted octanol–water partition coefficient (Wildman–Crippen LogP) is 2.08. The molecular formula is C15H20N4O. The van der Waals surface area contributed by atoms with E-state index >= 15 is 0 Å². The summed E-state index contributed by atoms with van der Waals surface area (Å²) in [5, 5.41) is 0. The van der Waals surface area contributed by atoms with E-state index in [0.717, 1.165) is 24.2 Å². The second kappa shape index (κ2) is 6.23. The number of nitrogens with two attached hydrogens (primary N) is 1. The molecule has 0 radical (unpaired) electrons. The quantitative estimate of drug-likeness (QED) is 0.817. The van der Waals surface area contributed by atoms with E-state index in [1.54, 1.807) is 13.0 Å². The lowest BCUT2D eigenvalue weighted by Gasteiger charge is -2.23. The van der Waals surface area contributed by atoms with Gasteiger partial charge < -0.3 is 15.6 Å². The van der Waals surface area contributed by atoms with E-state index in [1.807, 2.05) is 24.3 Å². The van der Waals surface area contributed by atoms with Crippen LogP contribution in [-0.4, -0.2) is 16.5 Å². The lowest BCUT2D eigenvalue weighted by Crippen LogP contribution is -2.26. The number of aryl methyl sites for hydroxylation is 1. The van der Waals surface area contributed by atoms with Gasteiger partial charge in [-0.25, -0.2) is 4.98 Å². The molecule has 0 aliphatic carbocycles. The molecule has 1 heterocycles. The van der Waals surface area contributed by atoms with E-state index in [2.05, 4.69) is 21.8 Å². The molecule has 0 aliphatic rings. The molecule has 0 amide bonds. The van der Waals surface area contributed by atoms with Gasteiger partial charge in [0.1, 0.15) is 11.6 Å². The van der Waals surface area contributed by atoms with Crippen LogP contribution in [0.25, 0.3) is 0 Å². The highest BCUT2D eigenvalue weighted by Crippen LogP contribution is 2.14.